The molecule has 6 nitrogen and oxygen atoms in total. The minimum absolute atomic E-state index is 0.139. The molecule has 0 aromatic carbocycles. The third-order valence-corrected chi connectivity index (χ3v) is 4.58. The second-order valence-electron chi connectivity index (χ2n) is 4.05. The first-order chi connectivity index (χ1) is 9.65. The first kappa shape index (κ1) is 12.8. The van der Waals surface area contributed by atoms with E-state index < -0.39 is 0 Å². The first-order valence-electron chi connectivity index (χ1n) is 5.73. The van der Waals surface area contributed by atoms with Crippen LogP contribution in [-0.2, 0) is 6.54 Å². The Hall–Kier alpha value is -2.19. The van der Waals surface area contributed by atoms with Crippen molar-refractivity contribution in [1.82, 2.24) is 15.3 Å². The number of thiophene rings is 1. The molecule has 3 heterocycles. The fourth-order valence-electron chi connectivity index (χ4n) is 1.77. The van der Waals surface area contributed by atoms with Gasteiger partial charge in [-0.05, 0) is 12.1 Å². The normalized spacial score (nSPS) is 10.8. The van der Waals surface area contributed by atoms with Crippen LogP contribution in [0.4, 0.5) is 5.69 Å². The summed E-state index contributed by atoms with van der Waals surface area (Å²) in [6.07, 6.45) is 1.64. The van der Waals surface area contributed by atoms with Gasteiger partial charge in [0.25, 0.3) is 5.91 Å². The number of aromatic amines is 1. The number of rotatable bonds is 3. The van der Waals surface area contributed by atoms with Crippen LogP contribution in [0.3, 0.4) is 0 Å². The lowest BCUT2D eigenvalue weighted by Crippen LogP contribution is -2.23. The molecule has 0 saturated carbocycles. The van der Waals surface area contributed by atoms with Gasteiger partial charge in [-0.2, -0.15) is 0 Å². The van der Waals surface area contributed by atoms with Gasteiger partial charge in [0.05, 0.1) is 16.9 Å². The van der Waals surface area contributed by atoms with Crippen molar-refractivity contribution in [2.45, 2.75) is 6.54 Å². The average molecular weight is 306 g/mol. The second-order valence-corrected chi connectivity index (χ2v) is 5.95. The number of carbonyl (C=O) groups excluding carboxylic acids is 1. The van der Waals surface area contributed by atoms with Crippen LogP contribution in [0.2, 0.25) is 0 Å². The number of nitrogens with zero attached hydrogens (tertiary/aromatic N) is 1. The summed E-state index contributed by atoms with van der Waals surface area (Å²) in [7, 11) is 0. The van der Waals surface area contributed by atoms with Crippen LogP contribution >= 0.6 is 22.7 Å². The summed E-state index contributed by atoms with van der Waals surface area (Å²) in [5.74, 6) is -0.266. The van der Waals surface area contributed by atoms with Crippen LogP contribution in [0.25, 0.3) is 10.2 Å². The lowest BCUT2D eigenvalue weighted by Gasteiger charge is -2.02. The van der Waals surface area contributed by atoms with Gasteiger partial charge in [-0.3, -0.25) is 14.6 Å². The van der Waals surface area contributed by atoms with Gasteiger partial charge in [0.2, 0.25) is 0 Å². The standard InChI is InChI=1S/C12H10N4O2S2/c13-8-9-7(2-1-3-14-9)20-10(8)11(17)15-4-6-5-19-12(18)16-6/h1-3,5H,4,13H2,(H,15,17)(H,16,18). The highest BCUT2D eigenvalue weighted by Gasteiger charge is 2.16. The van der Waals surface area contributed by atoms with E-state index in [1.54, 1.807) is 17.6 Å². The topological polar surface area (TPSA) is 101 Å². The van der Waals surface area contributed by atoms with Gasteiger partial charge in [0, 0.05) is 17.3 Å². The zero-order chi connectivity index (χ0) is 14.1. The maximum absolute atomic E-state index is 12.1. The molecule has 3 aromatic heterocycles. The van der Waals surface area contributed by atoms with Crippen molar-refractivity contribution in [3.05, 3.63) is 43.9 Å². The number of amides is 1. The molecule has 3 rings (SSSR count). The highest BCUT2D eigenvalue weighted by molar-refractivity contribution is 7.21. The molecule has 0 aliphatic carbocycles. The molecule has 0 fully saturated rings. The minimum atomic E-state index is -0.266. The van der Waals surface area contributed by atoms with E-state index in [0.29, 0.717) is 21.8 Å². The molecule has 0 bridgehead atoms. The largest absolute Gasteiger partial charge is 0.396 e. The summed E-state index contributed by atoms with van der Waals surface area (Å²) < 4.78 is 0.874. The number of aromatic nitrogens is 2. The van der Waals surface area contributed by atoms with Crippen molar-refractivity contribution >= 4 is 44.5 Å². The highest BCUT2D eigenvalue weighted by atomic mass is 32.1. The number of hydrogen-bond donors (Lipinski definition) is 3. The molecular weight excluding hydrogens is 296 g/mol. The summed E-state index contributed by atoms with van der Waals surface area (Å²) in [5.41, 5.74) is 7.65. The number of nitrogen functional groups attached to an aromatic ring is 1. The number of thiazole rings is 1. The number of carbonyl (C=O) groups is 1. The van der Waals surface area contributed by atoms with E-state index in [-0.39, 0.29) is 17.3 Å². The number of fused-ring (bicyclic) bond motifs is 1. The van der Waals surface area contributed by atoms with Gasteiger partial charge < -0.3 is 16.0 Å². The molecule has 20 heavy (non-hydrogen) atoms. The summed E-state index contributed by atoms with van der Waals surface area (Å²) in [6, 6.07) is 3.67. The minimum Gasteiger partial charge on any atom is -0.396 e. The molecule has 0 aliphatic rings. The summed E-state index contributed by atoms with van der Waals surface area (Å²) in [6.45, 7) is 0.263. The third kappa shape index (κ3) is 2.30. The van der Waals surface area contributed by atoms with E-state index in [0.717, 1.165) is 16.0 Å². The molecule has 1 amide bonds. The van der Waals surface area contributed by atoms with Crippen LogP contribution in [0.5, 0.6) is 0 Å². The molecule has 0 atom stereocenters. The SMILES string of the molecule is Nc1c(C(=O)NCc2csc(=O)[nH]2)sc2cccnc12. The smallest absolute Gasteiger partial charge is 0.304 e. The van der Waals surface area contributed by atoms with Crippen LogP contribution in [0.15, 0.2) is 28.5 Å². The third-order valence-electron chi connectivity index (χ3n) is 2.70. The van der Waals surface area contributed by atoms with E-state index in [9.17, 15) is 9.59 Å². The summed E-state index contributed by atoms with van der Waals surface area (Å²) >= 11 is 2.37. The van der Waals surface area contributed by atoms with Crippen molar-refractivity contribution in [3.63, 3.8) is 0 Å². The second kappa shape index (κ2) is 5.06. The zero-order valence-corrected chi connectivity index (χ0v) is 11.8. The van der Waals surface area contributed by atoms with Gasteiger partial charge in [0.1, 0.15) is 10.4 Å². The predicted molar refractivity (Wildman–Crippen MR) is 80.1 cm³/mol. The monoisotopic (exact) mass is 306 g/mol. The Morgan fingerprint density at radius 1 is 1.50 bits per heavy atom. The maximum atomic E-state index is 12.1. The van der Waals surface area contributed by atoms with Crippen molar-refractivity contribution in [1.29, 1.82) is 0 Å². The van der Waals surface area contributed by atoms with Crippen LogP contribution in [0, 0.1) is 0 Å². The quantitative estimate of drug-likeness (QED) is 0.683. The van der Waals surface area contributed by atoms with E-state index in [1.807, 2.05) is 6.07 Å². The molecule has 3 aromatic rings. The molecule has 0 aliphatic heterocycles. The number of nitrogens with two attached hydrogens (primary N) is 1. The Kier molecular flexibility index (Phi) is 3.25. The van der Waals surface area contributed by atoms with Crippen LogP contribution in [-0.4, -0.2) is 15.9 Å². The molecule has 0 radical (unpaired) electrons. The highest BCUT2D eigenvalue weighted by Crippen LogP contribution is 2.31. The molecule has 0 saturated heterocycles. The van der Waals surface area contributed by atoms with Crippen LogP contribution in [0.1, 0.15) is 15.4 Å². The fraction of sp³-hybridized carbons (Fsp3) is 0.0833. The number of H-pyrrole nitrogens is 1. The Bertz CT molecular complexity index is 833. The van der Waals surface area contributed by atoms with Crippen molar-refractivity contribution < 1.29 is 4.79 Å². The van der Waals surface area contributed by atoms with E-state index in [4.69, 9.17) is 5.73 Å². The molecule has 8 heteroatoms. The van der Waals surface area contributed by atoms with Crippen LogP contribution < -0.4 is 15.9 Å². The van der Waals surface area contributed by atoms with E-state index >= 15 is 0 Å². The number of nitrogens with one attached hydrogen (secondary N) is 2. The Morgan fingerprint density at radius 2 is 2.35 bits per heavy atom. The number of pyridine rings is 1. The van der Waals surface area contributed by atoms with Crippen molar-refractivity contribution in [2.24, 2.45) is 0 Å². The van der Waals surface area contributed by atoms with E-state index in [2.05, 4.69) is 15.3 Å². The van der Waals surface area contributed by atoms with Gasteiger partial charge >= 0.3 is 4.87 Å². The summed E-state index contributed by atoms with van der Waals surface area (Å²) in [5, 5.41) is 4.41. The Morgan fingerprint density at radius 3 is 3.05 bits per heavy atom. The Balaban J connectivity index is 1.82. The lowest BCUT2D eigenvalue weighted by molar-refractivity contribution is 0.0955. The summed E-state index contributed by atoms with van der Waals surface area (Å²) in [4.78, 5) is 30.2. The molecule has 0 spiro atoms. The lowest BCUT2D eigenvalue weighted by atomic mass is 10.3. The molecule has 0 unspecified atom stereocenters. The molecular formula is C12H10N4O2S2. The number of hydrogen-bond acceptors (Lipinski definition) is 6. The maximum Gasteiger partial charge on any atom is 0.304 e. The van der Waals surface area contributed by atoms with Gasteiger partial charge in [-0.15, -0.1) is 11.3 Å². The molecule has 4 N–H and O–H groups in total. The van der Waals surface area contributed by atoms with Crippen molar-refractivity contribution in [2.75, 3.05) is 5.73 Å². The molecule has 102 valence electrons. The van der Waals surface area contributed by atoms with Gasteiger partial charge in [-0.25, -0.2) is 0 Å². The van der Waals surface area contributed by atoms with Gasteiger partial charge in [-0.1, -0.05) is 11.3 Å². The van der Waals surface area contributed by atoms with Crippen molar-refractivity contribution in [3.8, 4) is 0 Å². The first-order valence-corrected chi connectivity index (χ1v) is 7.42. The fourth-order valence-corrected chi connectivity index (χ4v) is 3.35. The van der Waals surface area contributed by atoms with E-state index in [1.165, 1.54) is 11.3 Å². The predicted octanol–water partition coefficient (Wildman–Crippen LogP) is 1.56. The van der Waals surface area contributed by atoms with Gasteiger partial charge in [0.15, 0.2) is 0 Å². The zero-order valence-electron chi connectivity index (χ0n) is 10.2. The number of anilines is 1. The average Bonchev–Trinajstić information content (AvgIpc) is 3.01. The Labute approximate surface area is 121 Å².